The molecule has 1 amide bonds. The van der Waals surface area contributed by atoms with E-state index in [9.17, 15) is 10.1 Å². The van der Waals surface area contributed by atoms with Crippen molar-refractivity contribution in [2.45, 2.75) is 31.8 Å². The number of hydrogen-bond acceptors (Lipinski definition) is 5. The number of ether oxygens (including phenoxy) is 1. The zero-order valence-electron chi connectivity index (χ0n) is 19.3. The standard InChI is InChI=1S/C28H25N5O2/c29-15-21-7-6-19-13-27(21)35-23-9-8-20-3-1-5-26(24(20)14-23)33-12-10-25(28(33)34)31-11-2-4-22-16-30-18-32(22)17-19/h1,3,5-9,13-14,16,18,25,31H,2,4,10-12,17H2/t25-/m0/s1. The van der Waals surface area contributed by atoms with Gasteiger partial charge in [-0.3, -0.25) is 4.79 Å². The number of nitrogens with zero attached hydrogens (tertiary/aromatic N) is 4. The van der Waals surface area contributed by atoms with Gasteiger partial charge in [0.25, 0.3) is 0 Å². The van der Waals surface area contributed by atoms with Crippen molar-refractivity contribution < 1.29 is 9.53 Å². The zero-order valence-corrected chi connectivity index (χ0v) is 19.3. The minimum atomic E-state index is -0.175. The molecule has 1 atom stereocenters. The highest BCUT2D eigenvalue weighted by atomic mass is 16.5. The summed E-state index contributed by atoms with van der Waals surface area (Å²) < 4.78 is 8.38. The molecule has 3 aromatic carbocycles. The molecule has 3 heterocycles. The van der Waals surface area contributed by atoms with Crippen LogP contribution >= 0.6 is 0 Å². The Balaban J connectivity index is 1.45. The molecule has 35 heavy (non-hydrogen) atoms. The number of hydrogen-bond donors (Lipinski definition) is 1. The predicted octanol–water partition coefficient (Wildman–Crippen LogP) is 4.39. The third-order valence-electron chi connectivity index (χ3n) is 6.87. The molecule has 7 heteroatoms. The Bertz CT molecular complexity index is 1470. The topological polar surface area (TPSA) is 83.2 Å². The largest absolute Gasteiger partial charge is 0.456 e. The van der Waals surface area contributed by atoms with Crippen LogP contribution in [0.25, 0.3) is 10.8 Å². The van der Waals surface area contributed by atoms with Gasteiger partial charge >= 0.3 is 0 Å². The molecule has 0 unspecified atom stereocenters. The molecular formula is C28H25N5O2. The lowest BCUT2D eigenvalue weighted by Gasteiger charge is -2.20. The maximum Gasteiger partial charge on any atom is 0.244 e. The molecule has 6 rings (SSSR count). The number of imidazole rings is 1. The Kier molecular flexibility index (Phi) is 5.44. The molecule has 2 aliphatic heterocycles. The van der Waals surface area contributed by atoms with Gasteiger partial charge < -0.3 is 19.5 Å². The number of nitrogens with one attached hydrogen (secondary N) is 1. The lowest BCUT2D eigenvalue weighted by atomic mass is 10.1. The monoisotopic (exact) mass is 463 g/mol. The lowest BCUT2D eigenvalue weighted by Crippen LogP contribution is -2.39. The maximum atomic E-state index is 13.3. The number of carbonyl (C=O) groups excluding carboxylic acids is 1. The summed E-state index contributed by atoms with van der Waals surface area (Å²) in [6, 6.07) is 19.6. The van der Waals surface area contributed by atoms with Crippen LogP contribution in [-0.2, 0) is 17.8 Å². The number of aromatic nitrogens is 2. The summed E-state index contributed by atoms with van der Waals surface area (Å²) >= 11 is 0. The number of anilines is 1. The number of nitriles is 1. The second-order valence-corrected chi connectivity index (χ2v) is 9.11. The van der Waals surface area contributed by atoms with Crippen LogP contribution in [0.15, 0.2) is 67.1 Å². The Morgan fingerprint density at radius 1 is 1.14 bits per heavy atom. The van der Waals surface area contributed by atoms with Crippen molar-refractivity contribution >= 4 is 22.4 Å². The van der Waals surface area contributed by atoms with Crippen molar-refractivity contribution in [3.63, 3.8) is 0 Å². The number of aryl methyl sites for hydroxylation is 1. The van der Waals surface area contributed by atoms with E-state index in [1.807, 2.05) is 66.0 Å². The third kappa shape index (κ3) is 4.02. The van der Waals surface area contributed by atoms with Gasteiger partial charge in [0.05, 0.1) is 23.6 Å². The Morgan fingerprint density at radius 2 is 2.09 bits per heavy atom. The third-order valence-corrected chi connectivity index (χ3v) is 6.87. The number of benzene rings is 3. The van der Waals surface area contributed by atoms with E-state index >= 15 is 0 Å². The first-order chi connectivity index (χ1) is 17.2. The second-order valence-electron chi connectivity index (χ2n) is 9.11. The maximum absolute atomic E-state index is 13.3. The first kappa shape index (κ1) is 21.4. The van der Waals surface area contributed by atoms with Gasteiger partial charge in [-0.25, -0.2) is 4.98 Å². The van der Waals surface area contributed by atoms with E-state index in [1.165, 1.54) is 0 Å². The summed E-state index contributed by atoms with van der Waals surface area (Å²) in [4.78, 5) is 19.5. The van der Waals surface area contributed by atoms with Crippen LogP contribution in [0.3, 0.4) is 0 Å². The van der Waals surface area contributed by atoms with Gasteiger partial charge in [-0.15, -0.1) is 0 Å². The second kappa shape index (κ2) is 8.90. The molecule has 0 aliphatic carbocycles. The van der Waals surface area contributed by atoms with Gasteiger partial charge in [-0.1, -0.05) is 24.3 Å². The highest BCUT2D eigenvalue weighted by Crippen LogP contribution is 2.35. The summed E-state index contributed by atoms with van der Waals surface area (Å²) in [5, 5.41) is 15.1. The highest BCUT2D eigenvalue weighted by Gasteiger charge is 2.32. The number of rotatable bonds is 0. The average molecular weight is 464 g/mol. The summed E-state index contributed by atoms with van der Waals surface area (Å²) in [5.74, 6) is 1.25. The van der Waals surface area contributed by atoms with E-state index in [4.69, 9.17) is 4.74 Å². The molecule has 6 bridgehead atoms. The Hall–Kier alpha value is -4.15. The normalized spacial score (nSPS) is 18.0. The molecule has 0 radical (unpaired) electrons. The Morgan fingerprint density at radius 3 is 3.00 bits per heavy atom. The van der Waals surface area contributed by atoms with Crippen LogP contribution in [0.4, 0.5) is 5.69 Å². The molecule has 0 saturated carbocycles. The molecule has 2 aliphatic rings. The van der Waals surface area contributed by atoms with Crippen molar-refractivity contribution in [3.8, 4) is 17.6 Å². The smallest absolute Gasteiger partial charge is 0.244 e. The van der Waals surface area contributed by atoms with Crippen molar-refractivity contribution in [2.24, 2.45) is 0 Å². The highest BCUT2D eigenvalue weighted by molar-refractivity contribution is 6.07. The van der Waals surface area contributed by atoms with Gasteiger partial charge in [0.15, 0.2) is 0 Å². The summed E-state index contributed by atoms with van der Waals surface area (Å²) in [6.07, 6.45) is 6.29. The van der Waals surface area contributed by atoms with Gasteiger partial charge in [-0.2, -0.15) is 5.26 Å². The van der Waals surface area contributed by atoms with Crippen molar-refractivity contribution in [2.75, 3.05) is 18.0 Å². The fourth-order valence-electron chi connectivity index (χ4n) is 5.05. The van der Waals surface area contributed by atoms with E-state index in [-0.39, 0.29) is 11.9 Å². The number of carbonyl (C=O) groups is 1. The average Bonchev–Trinajstić information content (AvgIpc) is 3.47. The van der Waals surface area contributed by atoms with Crippen LogP contribution in [0.1, 0.15) is 29.7 Å². The van der Waals surface area contributed by atoms with E-state index in [1.54, 1.807) is 6.07 Å². The van der Waals surface area contributed by atoms with E-state index < -0.39 is 0 Å². The van der Waals surface area contributed by atoms with Gasteiger partial charge in [0.1, 0.15) is 17.6 Å². The molecule has 1 saturated heterocycles. The molecule has 1 fully saturated rings. The molecule has 1 aromatic heterocycles. The van der Waals surface area contributed by atoms with E-state index in [0.717, 1.165) is 53.5 Å². The fraction of sp³-hybridized carbons (Fsp3) is 0.250. The molecule has 4 aromatic rings. The first-order valence-corrected chi connectivity index (χ1v) is 12.0. The summed E-state index contributed by atoms with van der Waals surface area (Å²) in [7, 11) is 0. The number of fused-ring (bicyclic) bond motifs is 7. The van der Waals surface area contributed by atoms with Gasteiger partial charge in [0.2, 0.25) is 5.91 Å². The van der Waals surface area contributed by atoms with E-state index in [0.29, 0.717) is 30.2 Å². The molecule has 1 N–H and O–H groups in total. The quantitative estimate of drug-likeness (QED) is 0.418. The predicted molar refractivity (Wildman–Crippen MR) is 134 cm³/mol. The summed E-state index contributed by atoms with van der Waals surface area (Å²) in [5.41, 5.74) is 3.54. The molecular weight excluding hydrogens is 438 g/mol. The van der Waals surface area contributed by atoms with Crippen molar-refractivity contribution in [1.82, 2.24) is 14.9 Å². The fourth-order valence-corrected chi connectivity index (χ4v) is 5.05. The minimum absolute atomic E-state index is 0.106. The number of amides is 1. The van der Waals surface area contributed by atoms with Crippen LogP contribution in [0, 0.1) is 11.3 Å². The minimum Gasteiger partial charge on any atom is -0.456 e. The molecule has 0 spiro atoms. The van der Waals surface area contributed by atoms with Crippen molar-refractivity contribution in [1.29, 1.82) is 5.26 Å². The lowest BCUT2D eigenvalue weighted by molar-refractivity contribution is -0.118. The van der Waals surface area contributed by atoms with Crippen LogP contribution < -0.4 is 15.0 Å². The van der Waals surface area contributed by atoms with Crippen molar-refractivity contribution in [3.05, 3.63) is 83.9 Å². The zero-order chi connectivity index (χ0) is 23.8. The molecule has 7 nitrogen and oxygen atoms in total. The van der Waals surface area contributed by atoms with Gasteiger partial charge in [-0.05, 0) is 67.1 Å². The van der Waals surface area contributed by atoms with Crippen LogP contribution in [0.2, 0.25) is 0 Å². The summed E-state index contributed by atoms with van der Waals surface area (Å²) in [6.45, 7) is 2.08. The van der Waals surface area contributed by atoms with Gasteiger partial charge in [0, 0.05) is 30.4 Å². The molecule has 174 valence electrons. The van der Waals surface area contributed by atoms with Crippen LogP contribution in [0.5, 0.6) is 11.5 Å². The first-order valence-electron chi connectivity index (χ1n) is 12.0. The Labute approximate surface area is 203 Å². The van der Waals surface area contributed by atoms with Crippen LogP contribution in [-0.4, -0.2) is 34.6 Å². The SMILES string of the molecule is N#Cc1ccc2cc1Oc1ccc3cccc(c3c1)N1CC[C@H](NCCCc3cncn3C2)C1=O. The van der Waals surface area contributed by atoms with E-state index in [2.05, 4.69) is 20.9 Å².